The summed E-state index contributed by atoms with van der Waals surface area (Å²) in [5, 5.41) is 6.42. The fourth-order valence-corrected chi connectivity index (χ4v) is 2.88. The van der Waals surface area contributed by atoms with Crippen LogP contribution >= 0.6 is 11.6 Å². The van der Waals surface area contributed by atoms with E-state index in [0.717, 1.165) is 25.2 Å². The molecule has 0 spiro atoms. The molecule has 5 nitrogen and oxygen atoms in total. The number of quaternary nitrogens is 1. The van der Waals surface area contributed by atoms with Crippen molar-refractivity contribution in [1.29, 1.82) is 0 Å². The first-order valence-corrected chi connectivity index (χ1v) is 9.65. The van der Waals surface area contributed by atoms with Gasteiger partial charge in [0.15, 0.2) is 0 Å². The first kappa shape index (κ1) is 20.9. The molecule has 27 heavy (non-hydrogen) atoms. The summed E-state index contributed by atoms with van der Waals surface area (Å²) in [5.74, 6) is -0.211. The lowest BCUT2D eigenvalue weighted by Crippen LogP contribution is -3.12. The number of amides is 2. The molecule has 0 aromatic heterocycles. The maximum atomic E-state index is 12.2. The predicted octanol–water partition coefficient (Wildman–Crippen LogP) is 2.18. The van der Waals surface area contributed by atoms with Gasteiger partial charge in [-0.1, -0.05) is 23.7 Å². The zero-order valence-electron chi connectivity index (χ0n) is 15.8. The van der Waals surface area contributed by atoms with Crippen molar-refractivity contribution in [2.24, 2.45) is 0 Å². The lowest BCUT2D eigenvalue weighted by atomic mass is 10.1. The van der Waals surface area contributed by atoms with Crippen LogP contribution in [0.4, 0.5) is 5.69 Å². The Kier molecular flexibility index (Phi) is 8.30. The van der Waals surface area contributed by atoms with Gasteiger partial charge >= 0.3 is 0 Å². The maximum Gasteiger partial charge on any atom is 0.251 e. The number of hydrogen-bond donors (Lipinski definition) is 3. The van der Waals surface area contributed by atoms with E-state index in [0.29, 0.717) is 22.8 Å². The Morgan fingerprint density at radius 2 is 1.59 bits per heavy atom. The highest BCUT2D eigenvalue weighted by Crippen LogP contribution is 2.12. The molecular formula is C21H27ClN3O2+. The molecule has 0 aliphatic rings. The van der Waals surface area contributed by atoms with Crippen LogP contribution in [0, 0.1) is 0 Å². The molecule has 0 heterocycles. The number of carbonyl (C=O) groups excluding carboxylic acids is 2. The average molecular weight is 389 g/mol. The van der Waals surface area contributed by atoms with Gasteiger partial charge in [-0.25, -0.2) is 0 Å². The fourth-order valence-electron chi connectivity index (χ4n) is 2.76. The zero-order valence-corrected chi connectivity index (χ0v) is 16.6. The molecule has 0 aliphatic heterocycles. The van der Waals surface area contributed by atoms with Gasteiger partial charge in [-0.05, 0) is 55.8 Å². The summed E-state index contributed by atoms with van der Waals surface area (Å²) in [5.41, 5.74) is 2.14. The van der Waals surface area contributed by atoms with Gasteiger partial charge < -0.3 is 15.5 Å². The second-order valence-corrected chi connectivity index (χ2v) is 6.83. The number of carbonyl (C=O) groups is 2. The molecule has 0 aliphatic carbocycles. The summed E-state index contributed by atoms with van der Waals surface area (Å²) in [6.07, 6.45) is 0.271. The molecule has 3 N–H and O–H groups in total. The number of halogens is 1. The summed E-state index contributed by atoms with van der Waals surface area (Å²) < 4.78 is 0. The van der Waals surface area contributed by atoms with E-state index in [1.165, 1.54) is 4.90 Å². The summed E-state index contributed by atoms with van der Waals surface area (Å²) in [6, 6.07) is 14.1. The molecule has 0 saturated carbocycles. The van der Waals surface area contributed by atoms with Gasteiger partial charge in [0.25, 0.3) is 5.91 Å². The van der Waals surface area contributed by atoms with Gasteiger partial charge in [0, 0.05) is 16.3 Å². The van der Waals surface area contributed by atoms with Crippen LogP contribution in [0.3, 0.4) is 0 Å². The Hall–Kier alpha value is -2.37. The van der Waals surface area contributed by atoms with Crippen molar-refractivity contribution in [3.05, 3.63) is 64.7 Å². The predicted molar refractivity (Wildman–Crippen MR) is 109 cm³/mol. The second kappa shape index (κ2) is 10.7. The SMILES string of the molecule is CC[NH+](CC)CCNC(=O)c1ccc(NC(=O)Cc2ccc(Cl)cc2)cc1. The van der Waals surface area contributed by atoms with Crippen molar-refractivity contribution in [2.45, 2.75) is 20.3 Å². The minimum Gasteiger partial charge on any atom is -0.346 e. The van der Waals surface area contributed by atoms with E-state index in [1.807, 2.05) is 12.1 Å². The van der Waals surface area contributed by atoms with Crippen LogP contribution in [0.5, 0.6) is 0 Å². The van der Waals surface area contributed by atoms with Gasteiger partial charge in [0.1, 0.15) is 0 Å². The molecule has 0 fully saturated rings. The largest absolute Gasteiger partial charge is 0.346 e. The number of anilines is 1. The average Bonchev–Trinajstić information content (AvgIpc) is 2.67. The van der Waals surface area contributed by atoms with Crippen LogP contribution in [0.25, 0.3) is 0 Å². The van der Waals surface area contributed by atoms with Crippen LogP contribution < -0.4 is 15.5 Å². The molecule has 2 rings (SSSR count). The van der Waals surface area contributed by atoms with Crippen molar-refractivity contribution in [3.63, 3.8) is 0 Å². The third kappa shape index (κ3) is 7.04. The summed E-state index contributed by atoms with van der Waals surface area (Å²) in [7, 11) is 0. The fraction of sp³-hybridized carbons (Fsp3) is 0.333. The number of hydrogen-bond acceptors (Lipinski definition) is 2. The van der Waals surface area contributed by atoms with Crippen molar-refractivity contribution in [1.82, 2.24) is 5.32 Å². The lowest BCUT2D eigenvalue weighted by Gasteiger charge is -2.15. The van der Waals surface area contributed by atoms with E-state index >= 15 is 0 Å². The van der Waals surface area contributed by atoms with Crippen LogP contribution in [0.15, 0.2) is 48.5 Å². The van der Waals surface area contributed by atoms with E-state index in [2.05, 4.69) is 24.5 Å². The molecule has 0 unspecified atom stereocenters. The van der Waals surface area contributed by atoms with E-state index in [4.69, 9.17) is 11.6 Å². The maximum absolute atomic E-state index is 12.2. The first-order chi connectivity index (χ1) is 13.0. The highest BCUT2D eigenvalue weighted by molar-refractivity contribution is 6.30. The Balaban J connectivity index is 1.82. The number of likely N-dealkylation sites (N-methyl/N-ethyl adjacent to an activating group) is 1. The zero-order chi connectivity index (χ0) is 19.6. The minimum atomic E-state index is -0.114. The molecule has 0 bridgehead atoms. The Morgan fingerprint density at radius 3 is 2.19 bits per heavy atom. The lowest BCUT2D eigenvalue weighted by molar-refractivity contribution is -0.895. The molecule has 0 saturated heterocycles. The number of rotatable bonds is 9. The van der Waals surface area contributed by atoms with E-state index in [1.54, 1.807) is 36.4 Å². The van der Waals surface area contributed by atoms with Crippen LogP contribution in [0.2, 0.25) is 5.02 Å². The second-order valence-electron chi connectivity index (χ2n) is 6.39. The minimum absolute atomic E-state index is 0.0967. The summed E-state index contributed by atoms with van der Waals surface area (Å²) in [6.45, 7) is 7.95. The molecule has 144 valence electrons. The van der Waals surface area contributed by atoms with Gasteiger partial charge in [0.05, 0.1) is 32.6 Å². The number of benzene rings is 2. The van der Waals surface area contributed by atoms with Crippen molar-refractivity contribution in [2.75, 3.05) is 31.5 Å². The molecule has 0 atom stereocenters. The van der Waals surface area contributed by atoms with Crippen molar-refractivity contribution < 1.29 is 14.5 Å². The van der Waals surface area contributed by atoms with Gasteiger partial charge in [-0.2, -0.15) is 0 Å². The van der Waals surface area contributed by atoms with Gasteiger partial charge in [0.2, 0.25) is 5.91 Å². The van der Waals surface area contributed by atoms with Gasteiger partial charge in [-0.3, -0.25) is 9.59 Å². The molecule has 0 radical (unpaired) electrons. The van der Waals surface area contributed by atoms with Crippen molar-refractivity contribution in [3.8, 4) is 0 Å². The monoisotopic (exact) mass is 388 g/mol. The third-order valence-corrected chi connectivity index (χ3v) is 4.72. The highest BCUT2D eigenvalue weighted by atomic mass is 35.5. The Morgan fingerprint density at radius 1 is 0.963 bits per heavy atom. The molecule has 6 heteroatoms. The quantitative estimate of drug-likeness (QED) is 0.616. The first-order valence-electron chi connectivity index (χ1n) is 9.28. The van der Waals surface area contributed by atoms with Crippen LogP contribution in [-0.4, -0.2) is 38.0 Å². The smallest absolute Gasteiger partial charge is 0.251 e. The summed E-state index contributed by atoms with van der Waals surface area (Å²) in [4.78, 5) is 25.8. The van der Waals surface area contributed by atoms with Crippen LogP contribution in [-0.2, 0) is 11.2 Å². The number of nitrogens with one attached hydrogen (secondary N) is 3. The van der Waals surface area contributed by atoms with Crippen molar-refractivity contribution >= 4 is 29.1 Å². The Labute approximate surface area is 165 Å². The Bertz CT molecular complexity index is 741. The molecule has 2 amide bonds. The highest BCUT2D eigenvalue weighted by Gasteiger charge is 2.09. The normalized spacial score (nSPS) is 10.7. The van der Waals surface area contributed by atoms with Crippen LogP contribution in [0.1, 0.15) is 29.8 Å². The molecule has 2 aromatic carbocycles. The topological polar surface area (TPSA) is 62.6 Å². The standard InChI is InChI=1S/C21H26ClN3O2/c1-3-25(4-2)14-13-23-21(27)17-7-11-19(12-8-17)24-20(26)15-16-5-9-18(22)10-6-16/h5-12H,3-4,13-15H2,1-2H3,(H,23,27)(H,24,26)/p+1. The van der Waals surface area contributed by atoms with Gasteiger partial charge in [-0.15, -0.1) is 0 Å². The molecule has 2 aromatic rings. The van der Waals surface area contributed by atoms with E-state index in [9.17, 15) is 9.59 Å². The molecular weight excluding hydrogens is 362 g/mol. The van der Waals surface area contributed by atoms with E-state index in [-0.39, 0.29) is 18.2 Å². The van der Waals surface area contributed by atoms with E-state index < -0.39 is 0 Å². The third-order valence-electron chi connectivity index (χ3n) is 4.47. The summed E-state index contributed by atoms with van der Waals surface area (Å²) >= 11 is 5.85.